The molecule has 174 valence electrons. The van der Waals surface area contributed by atoms with Crippen LogP contribution in [0.25, 0.3) is 28.0 Å². The highest BCUT2D eigenvalue weighted by Crippen LogP contribution is 2.49. The normalized spacial score (nSPS) is 14.4. The van der Waals surface area contributed by atoms with E-state index in [9.17, 15) is 9.18 Å². The zero-order valence-electron chi connectivity index (χ0n) is 18.4. The van der Waals surface area contributed by atoms with Crippen LogP contribution >= 0.6 is 0 Å². The van der Waals surface area contributed by atoms with Crippen LogP contribution in [0.4, 0.5) is 8.78 Å². The molecule has 0 spiro atoms. The van der Waals surface area contributed by atoms with E-state index in [1.54, 1.807) is 54.6 Å². The van der Waals surface area contributed by atoms with E-state index in [-0.39, 0.29) is 28.6 Å². The third kappa shape index (κ3) is 2.96. The first-order chi connectivity index (χ1) is 17.6. The van der Waals surface area contributed by atoms with Crippen LogP contribution in [0.5, 0.6) is 11.6 Å². The maximum Gasteiger partial charge on any atom is 0.344 e. The quantitative estimate of drug-likeness (QED) is 0.306. The number of aromatic nitrogens is 4. The fraction of sp³-hybridized carbons (Fsp3) is 0.0370. The Hall–Kier alpha value is -4.92. The zero-order valence-corrected chi connectivity index (χ0v) is 18.4. The van der Waals surface area contributed by atoms with Crippen LogP contribution < -0.4 is 10.4 Å². The predicted molar refractivity (Wildman–Crippen MR) is 126 cm³/mol. The van der Waals surface area contributed by atoms with Crippen molar-refractivity contribution in [3.8, 4) is 23.0 Å². The predicted octanol–water partition coefficient (Wildman–Crippen LogP) is 5.46. The summed E-state index contributed by atoms with van der Waals surface area (Å²) in [4.78, 5) is 22.4. The van der Waals surface area contributed by atoms with E-state index in [1.807, 2.05) is 0 Å². The van der Waals surface area contributed by atoms with Gasteiger partial charge in [-0.3, -0.25) is 0 Å². The van der Waals surface area contributed by atoms with Crippen LogP contribution in [-0.4, -0.2) is 19.6 Å². The Morgan fingerprint density at radius 2 is 1.67 bits per heavy atom. The van der Waals surface area contributed by atoms with Gasteiger partial charge in [0.15, 0.2) is 17.2 Å². The van der Waals surface area contributed by atoms with Crippen molar-refractivity contribution >= 4 is 16.6 Å². The molecule has 1 aliphatic rings. The van der Waals surface area contributed by atoms with Gasteiger partial charge in [-0.2, -0.15) is 0 Å². The van der Waals surface area contributed by atoms with Crippen molar-refractivity contribution in [2.24, 2.45) is 0 Å². The number of fused-ring (bicyclic) bond motifs is 6. The summed E-state index contributed by atoms with van der Waals surface area (Å²) in [6.07, 6.45) is 1.44. The lowest BCUT2D eigenvalue weighted by Crippen LogP contribution is -2.23. The van der Waals surface area contributed by atoms with Gasteiger partial charge >= 0.3 is 5.63 Å². The Bertz CT molecular complexity index is 1880. The number of benzene rings is 3. The van der Waals surface area contributed by atoms with Crippen molar-refractivity contribution in [1.29, 1.82) is 0 Å². The molecule has 36 heavy (non-hydrogen) atoms. The van der Waals surface area contributed by atoms with Gasteiger partial charge in [-0.05, 0) is 42.5 Å². The first-order valence-electron chi connectivity index (χ1n) is 11.1. The molecule has 0 saturated heterocycles. The molecular weight excluding hydrogens is 466 g/mol. The number of ether oxygens (including phenoxy) is 1. The van der Waals surface area contributed by atoms with E-state index in [0.29, 0.717) is 33.6 Å². The zero-order chi connectivity index (χ0) is 24.4. The smallest absolute Gasteiger partial charge is 0.344 e. The van der Waals surface area contributed by atoms with Crippen molar-refractivity contribution < 1.29 is 17.9 Å². The summed E-state index contributed by atoms with van der Waals surface area (Å²) in [6.45, 7) is 0. The number of para-hydroxylation sites is 1. The van der Waals surface area contributed by atoms with Gasteiger partial charge in [0.2, 0.25) is 5.88 Å². The molecule has 0 radical (unpaired) electrons. The summed E-state index contributed by atoms with van der Waals surface area (Å²) in [5.41, 5.74) is 1.37. The molecule has 0 saturated carbocycles. The van der Waals surface area contributed by atoms with Crippen molar-refractivity contribution in [2.75, 3.05) is 0 Å². The molecule has 3 aromatic carbocycles. The van der Waals surface area contributed by atoms with Crippen LogP contribution in [0.1, 0.15) is 22.6 Å². The molecular formula is C27H14F2N4O3. The summed E-state index contributed by atoms with van der Waals surface area (Å²) in [5.74, 6) is -1.06. The van der Waals surface area contributed by atoms with Gasteiger partial charge in [-0.15, -0.1) is 5.10 Å². The SMILES string of the molecule is O=c1oc2ccccc2c2c1C(c1ccccc1F)c1c(ncn3nc(-c4ccc(F)cc4)nc13)O2. The number of hydrogen-bond acceptors (Lipinski definition) is 6. The summed E-state index contributed by atoms with van der Waals surface area (Å²) < 4.78 is 41.9. The molecule has 0 amide bonds. The minimum atomic E-state index is -0.924. The van der Waals surface area contributed by atoms with Gasteiger partial charge in [0.1, 0.15) is 23.5 Å². The van der Waals surface area contributed by atoms with Crippen molar-refractivity contribution in [3.63, 3.8) is 0 Å². The molecule has 1 atom stereocenters. The highest BCUT2D eigenvalue weighted by Gasteiger charge is 2.38. The number of rotatable bonds is 2. The molecule has 0 fully saturated rings. The molecule has 0 aliphatic carbocycles. The first-order valence-corrected chi connectivity index (χ1v) is 11.1. The average molecular weight is 480 g/mol. The summed E-state index contributed by atoms with van der Waals surface area (Å²) in [6, 6.07) is 18.9. The lowest BCUT2D eigenvalue weighted by atomic mass is 9.84. The lowest BCUT2D eigenvalue weighted by Gasteiger charge is -2.27. The fourth-order valence-electron chi connectivity index (χ4n) is 4.67. The standard InChI is InChI=1S/C27H14F2N4O3/c28-15-11-9-14(10-12-15)24-31-25-22-20(16-5-1-3-7-18(16)29)21-23(36-26(22)30-13-33(25)32-24)17-6-2-4-8-19(17)35-27(21)34/h1-13,20H. The van der Waals surface area contributed by atoms with Crippen LogP contribution in [0.2, 0.25) is 0 Å². The fourth-order valence-corrected chi connectivity index (χ4v) is 4.67. The van der Waals surface area contributed by atoms with Gasteiger partial charge in [0, 0.05) is 11.1 Å². The van der Waals surface area contributed by atoms with Gasteiger partial charge in [0.25, 0.3) is 0 Å². The molecule has 9 heteroatoms. The highest BCUT2D eigenvalue weighted by molar-refractivity contribution is 5.87. The molecule has 4 heterocycles. The third-order valence-electron chi connectivity index (χ3n) is 6.28. The number of halogens is 2. The van der Waals surface area contributed by atoms with Crippen molar-refractivity contribution in [2.45, 2.75) is 5.92 Å². The van der Waals surface area contributed by atoms with E-state index in [0.717, 1.165) is 0 Å². The molecule has 6 aromatic rings. The highest BCUT2D eigenvalue weighted by atomic mass is 19.1. The van der Waals surface area contributed by atoms with E-state index in [4.69, 9.17) is 9.15 Å². The molecule has 0 N–H and O–H groups in total. The Balaban J connectivity index is 1.56. The van der Waals surface area contributed by atoms with Crippen LogP contribution in [0.3, 0.4) is 0 Å². The number of hydrogen-bond donors (Lipinski definition) is 0. The molecule has 1 unspecified atom stereocenters. The monoisotopic (exact) mass is 480 g/mol. The first kappa shape index (κ1) is 20.5. The maximum atomic E-state index is 15.2. The van der Waals surface area contributed by atoms with E-state index in [2.05, 4.69) is 15.1 Å². The van der Waals surface area contributed by atoms with Gasteiger partial charge in [-0.25, -0.2) is 28.1 Å². The van der Waals surface area contributed by atoms with Crippen molar-refractivity contribution in [3.05, 3.63) is 118 Å². The lowest BCUT2D eigenvalue weighted by molar-refractivity contribution is 0.420. The van der Waals surface area contributed by atoms with Crippen LogP contribution in [0.15, 0.2) is 88.3 Å². The summed E-state index contributed by atoms with van der Waals surface area (Å²) in [7, 11) is 0. The average Bonchev–Trinajstić information content (AvgIpc) is 3.33. The summed E-state index contributed by atoms with van der Waals surface area (Å²) >= 11 is 0. The van der Waals surface area contributed by atoms with Crippen molar-refractivity contribution in [1.82, 2.24) is 19.6 Å². The molecule has 1 aliphatic heterocycles. The minimum absolute atomic E-state index is 0.146. The second-order valence-corrected chi connectivity index (χ2v) is 8.36. The van der Waals surface area contributed by atoms with E-state index in [1.165, 1.54) is 29.0 Å². The van der Waals surface area contributed by atoms with Gasteiger partial charge < -0.3 is 9.15 Å². The molecule has 7 nitrogen and oxygen atoms in total. The second-order valence-electron chi connectivity index (χ2n) is 8.36. The Labute approximate surface area is 201 Å². The molecule has 7 rings (SSSR count). The van der Waals surface area contributed by atoms with E-state index >= 15 is 4.39 Å². The summed E-state index contributed by atoms with van der Waals surface area (Å²) in [5, 5.41) is 5.03. The Kier molecular flexibility index (Phi) is 4.28. The number of nitrogens with zero attached hydrogens (tertiary/aromatic N) is 4. The Morgan fingerprint density at radius 3 is 2.50 bits per heavy atom. The molecule has 0 bridgehead atoms. The largest absolute Gasteiger partial charge is 0.437 e. The minimum Gasteiger partial charge on any atom is -0.437 e. The second kappa shape index (κ2) is 7.54. The van der Waals surface area contributed by atoms with Gasteiger partial charge in [-0.1, -0.05) is 30.3 Å². The third-order valence-corrected chi connectivity index (χ3v) is 6.28. The van der Waals surface area contributed by atoms with E-state index < -0.39 is 17.4 Å². The van der Waals surface area contributed by atoms with Crippen LogP contribution in [0, 0.1) is 11.6 Å². The van der Waals surface area contributed by atoms with Gasteiger partial charge in [0.05, 0.1) is 22.4 Å². The topological polar surface area (TPSA) is 82.5 Å². The Morgan fingerprint density at radius 1 is 0.889 bits per heavy atom. The molecule has 3 aromatic heterocycles. The maximum absolute atomic E-state index is 15.2. The van der Waals surface area contributed by atoms with Crippen LogP contribution in [-0.2, 0) is 0 Å².